The van der Waals surface area contributed by atoms with Crippen LogP contribution in [-0.2, 0) is 6.42 Å². The van der Waals surface area contributed by atoms with E-state index in [4.69, 9.17) is 15.0 Å². The Balaban J connectivity index is 1.82. The van der Waals surface area contributed by atoms with Gasteiger partial charge in [0.15, 0.2) is 5.82 Å². The van der Waals surface area contributed by atoms with E-state index in [1.54, 1.807) is 7.11 Å². The number of hydrogen-bond acceptors (Lipinski definition) is 8. The Morgan fingerprint density at radius 3 is 2.90 bits per heavy atom. The van der Waals surface area contributed by atoms with E-state index >= 15 is 0 Å². The van der Waals surface area contributed by atoms with Crippen molar-refractivity contribution in [1.82, 2.24) is 20.5 Å². The van der Waals surface area contributed by atoms with Crippen LogP contribution < -0.4 is 10.5 Å². The highest BCUT2D eigenvalue weighted by atomic mass is 16.6. The van der Waals surface area contributed by atoms with Crippen LogP contribution in [0.3, 0.4) is 0 Å². The van der Waals surface area contributed by atoms with E-state index in [0.29, 0.717) is 12.2 Å². The Bertz CT molecular complexity index is 721. The number of nitrogens with zero attached hydrogens (tertiary/aromatic N) is 4. The normalized spacial score (nSPS) is 10.7. The van der Waals surface area contributed by atoms with Crippen LogP contribution in [0.4, 0.5) is 5.82 Å². The number of aromatic nitrogens is 4. The molecule has 0 saturated heterocycles. The van der Waals surface area contributed by atoms with E-state index in [1.165, 1.54) is 0 Å². The van der Waals surface area contributed by atoms with Gasteiger partial charge in [-0.25, -0.2) is 4.63 Å². The van der Waals surface area contributed by atoms with Crippen molar-refractivity contribution >= 4 is 5.82 Å². The first-order chi connectivity index (χ1) is 9.76. The van der Waals surface area contributed by atoms with Gasteiger partial charge in [-0.1, -0.05) is 17.3 Å². The molecular weight excluding hydrogens is 262 g/mol. The largest absolute Gasteiger partial charge is 0.497 e. The average molecular weight is 273 g/mol. The van der Waals surface area contributed by atoms with Crippen LogP contribution in [-0.4, -0.2) is 27.6 Å². The summed E-state index contributed by atoms with van der Waals surface area (Å²) in [5.74, 6) is 1.58. The highest BCUT2D eigenvalue weighted by Crippen LogP contribution is 2.21. The van der Waals surface area contributed by atoms with Crippen LogP contribution in [0.1, 0.15) is 11.4 Å². The third-order valence-electron chi connectivity index (χ3n) is 2.68. The van der Waals surface area contributed by atoms with E-state index in [1.807, 2.05) is 24.3 Å². The molecule has 1 aromatic carbocycles. The van der Waals surface area contributed by atoms with Crippen LogP contribution in [0.2, 0.25) is 0 Å². The molecule has 3 aromatic rings. The number of ether oxygens (including phenoxy) is 1. The SMILES string of the molecule is COc1cccc(Cc2noc(-c3nonc3N)n2)c1. The molecule has 2 aromatic heterocycles. The Morgan fingerprint density at radius 1 is 1.25 bits per heavy atom. The first-order valence-electron chi connectivity index (χ1n) is 5.80. The molecule has 0 spiro atoms. The monoisotopic (exact) mass is 273 g/mol. The number of nitrogen functional groups attached to an aromatic ring is 1. The van der Waals surface area contributed by atoms with Crippen molar-refractivity contribution < 1.29 is 13.9 Å². The van der Waals surface area contributed by atoms with E-state index in [-0.39, 0.29) is 17.4 Å². The van der Waals surface area contributed by atoms with Gasteiger partial charge in [-0.2, -0.15) is 4.98 Å². The van der Waals surface area contributed by atoms with Gasteiger partial charge in [0.25, 0.3) is 5.89 Å². The summed E-state index contributed by atoms with van der Waals surface area (Å²) in [5.41, 5.74) is 6.81. The number of anilines is 1. The van der Waals surface area contributed by atoms with E-state index < -0.39 is 0 Å². The maximum atomic E-state index is 5.56. The van der Waals surface area contributed by atoms with E-state index in [2.05, 4.69) is 25.1 Å². The summed E-state index contributed by atoms with van der Waals surface area (Å²) in [6.45, 7) is 0. The minimum atomic E-state index is 0.113. The molecule has 3 rings (SSSR count). The van der Waals surface area contributed by atoms with Gasteiger partial charge in [0, 0.05) is 6.42 Å². The maximum Gasteiger partial charge on any atom is 0.284 e. The third kappa shape index (κ3) is 2.30. The fraction of sp³-hybridized carbons (Fsp3) is 0.167. The first-order valence-corrected chi connectivity index (χ1v) is 5.80. The molecule has 0 radical (unpaired) electrons. The zero-order valence-corrected chi connectivity index (χ0v) is 10.6. The second-order valence-electron chi connectivity index (χ2n) is 4.04. The van der Waals surface area contributed by atoms with Crippen molar-refractivity contribution in [1.29, 1.82) is 0 Å². The van der Waals surface area contributed by atoms with E-state index in [0.717, 1.165) is 11.3 Å². The molecule has 0 atom stereocenters. The average Bonchev–Trinajstić information content (AvgIpc) is 3.08. The number of methoxy groups -OCH3 is 1. The number of rotatable bonds is 4. The van der Waals surface area contributed by atoms with Crippen molar-refractivity contribution in [2.24, 2.45) is 0 Å². The minimum absolute atomic E-state index is 0.113. The van der Waals surface area contributed by atoms with Gasteiger partial charge in [-0.3, -0.25) is 0 Å². The zero-order chi connectivity index (χ0) is 13.9. The quantitative estimate of drug-likeness (QED) is 0.756. The Kier molecular flexibility index (Phi) is 3.04. The van der Waals surface area contributed by atoms with Gasteiger partial charge < -0.3 is 15.0 Å². The molecule has 8 nitrogen and oxygen atoms in total. The number of hydrogen-bond donors (Lipinski definition) is 1. The summed E-state index contributed by atoms with van der Waals surface area (Å²) < 4.78 is 14.7. The summed E-state index contributed by atoms with van der Waals surface area (Å²) in [6.07, 6.45) is 0.506. The standard InChI is InChI=1S/C12H11N5O3/c1-18-8-4-2-3-7(5-8)6-9-14-12(19-15-9)10-11(13)17-20-16-10/h2-5H,6H2,1H3,(H2,13,17). The van der Waals surface area contributed by atoms with Gasteiger partial charge >= 0.3 is 0 Å². The fourth-order valence-electron chi connectivity index (χ4n) is 1.73. The Labute approximate surface area is 113 Å². The Hall–Kier alpha value is -2.90. The topological polar surface area (TPSA) is 113 Å². The van der Waals surface area contributed by atoms with Crippen molar-refractivity contribution in [2.75, 3.05) is 12.8 Å². The predicted octanol–water partition coefficient (Wildman–Crippen LogP) is 1.30. The molecular formula is C12H11N5O3. The maximum absolute atomic E-state index is 5.56. The number of nitrogens with two attached hydrogens (primary N) is 1. The van der Waals surface area contributed by atoms with Crippen LogP contribution in [0.15, 0.2) is 33.4 Å². The molecule has 0 aliphatic carbocycles. The smallest absolute Gasteiger partial charge is 0.284 e. The van der Waals surface area contributed by atoms with Crippen LogP contribution in [0.5, 0.6) is 5.75 Å². The number of benzene rings is 1. The molecule has 8 heteroatoms. The molecule has 20 heavy (non-hydrogen) atoms. The van der Waals surface area contributed by atoms with Gasteiger partial charge in [-0.05, 0) is 28.0 Å². The Morgan fingerprint density at radius 2 is 2.15 bits per heavy atom. The first kappa shape index (κ1) is 12.2. The third-order valence-corrected chi connectivity index (χ3v) is 2.68. The fourth-order valence-corrected chi connectivity index (χ4v) is 1.73. The summed E-state index contributed by atoms with van der Waals surface area (Å²) in [6, 6.07) is 7.62. The molecule has 0 bridgehead atoms. The van der Waals surface area contributed by atoms with Crippen molar-refractivity contribution in [2.45, 2.75) is 6.42 Å². The van der Waals surface area contributed by atoms with Gasteiger partial charge in [-0.15, -0.1) is 0 Å². The predicted molar refractivity (Wildman–Crippen MR) is 67.8 cm³/mol. The molecule has 0 unspecified atom stereocenters. The van der Waals surface area contributed by atoms with Gasteiger partial charge in [0.1, 0.15) is 5.75 Å². The zero-order valence-electron chi connectivity index (χ0n) is 10.6. The lowest BCUT2D eigenvalue weighted by molar-refractivity contribution is 0.308. The molecule has 0 fully saturated rings. The van der Waals surface area contributed by atoms with Crippen LogP contribution in [0, 0.1) is 0 Å². The summed E-state index contributed by atoms with van der Waals surface area (Å²) in [4.78, 5) is 4.20. The van der Waals surface area contributed by atoms with Crippen molar-refractivity contribution in [3.05, 3.63) is 35.7 Å². The molecule has 0 amide bonds. The highest BCUT2D eigenvalue weighted by molar-refractivity contribution is 5.60. The lowest BCUT2D eigenvalue weighted by Gasteiger charge is -2.01. The minimum Gasteiger partial charge on any atom is -0.497 e. The van der Waals surface area contributed by atoms with Crippen molar-refractivity contribution in [3.63, 3.8) is 0 Å². The molecule has 0 aliphatic rings. The highest BCUT2D eigenvalue weighted by Gasteiger charge is 2.17. The lowest BCUT2D eigenvalue weighted by atomic mass is 10.1. The van der Waals surface area contributed by atoms with Gasteiger partial charge in [0.2, 0.25) is 11.5 Å². The molecule has 0 aliphatic heterocycles. The van der Waals surface area contributed by atoms with Crippen molar-refractivity contribution in [3.8, 4) is 17.3 Å². The molecule has 2 N–H and O–H groups in total. The summed E-state index contributed by atoms with van der Waals surface area (Å²) in [5, 5.41) is 10.9. The van der Waals surface area contributed by atoms with Gasteiger partial charge in [0.05, 0.1) is 7.11 Å². The molecule has 102 valence electrons. The summed E-state index contributed by atoms with van der Waals surface area (Å²) in [7, 11) is 1.62. The molecule has 2 heterocycles. The second-order valence-corrected chi connectivity index (χ2v) is 4.04. The summed E-state index contributed by atoms with van der Waals surface area (Å²) >= 11 is 0. The van der Waals surface area contributed by atoms with E-state index in [9.17, 15) is 0 Å². The molecule has 0 saturated carbocycles. The van der Waals surface area contributed by atoms with Crippen LogP contribution >= 0.6 is 0 Å². The van der Waals surface area contributed by atoms with Crippen LogP contribution in [0.25, 0.3) is 11.6 Å². The lowest BCUT2D eigenvalue weighted by Crippen LogP contribution is -1.93. The second kappa shape index (κ2) is 5.00.